The van der Waals surface area contributed by atoms with Crippen LogP contribution >= 0.6 is 0 Å². The molecule has 0 aromatic carbocycles. The molecule has 0 radical (unpaired) electrons. The zero-order valence-electron chi connectivity index (χ0n) is 4.52. The van der Waals surface area contributed by atoms with Crippen LogP contribution in [0, 0.1) is 5.92 Å². The highest BCUT2D eigenvalue weighted by atomic mass is 16.5. The number of cyclic esters (lactones) is 1. The Labute approximate surface area is 51.4 Å². The summed E-state index contributed by atoms with van der Waals surface area (Å²) in [7, 11) is 0. The number of hydrogen-bond donors (Lipinski definition) is 0. The van der Waals surface area contributed by atoms with Gasteiger partial charge in [-0.1, -0.05) is 0 Å². The van der Waals surface area contributed by atoms with Crippen molar-refractivity contribution in [1.82, 2.24) is 0 Å². The van der Waals surface area contributed by atoms with E-state index in [0.29, 0.717) is 0 Å². The third-order valence-electron chi connectivity index (χ3n) is 0.970. The molecule has 0 bridgehead atoms. The second kappa shape index (κ2) is 2.24. The molecule has 0 aromatic rings. The van der Waals surface area contributed by atoms with Gasteiger partial charge in [0.1, 0.15) is 0 Å². The quantitative estimate of drug-likeness (QED) is 0.213. The molecule has 0 N–H and O–H groups in total. The van der Waals surface area contributed by atoms with Gasteiger partial charge in [-0.3, -0.25) is 4.79 Å². The predicted molar refractivity (Wildman–Crippen MR) is 28.4 cm³/mol. The van der Waals surface area contributed by atoms with E-state index in [1.165, 1.54) is 12.3 Å². The molecule has 1 heterocycles. The summed E-state index contributed by atoms with van der Waals surface area (Å²) in [5.74, 6) is -0.914. The van der Waals surface area contributed by atoms with E-state index < -0.39 is 11.9 Å². The lowest BCUT2D eigenvalue weighted by atomic mass is 10.2. The second-order valence-electron chi connectivity index (χ2n) is 1.56. The lowest BCUT2D eigenvalue weighted by Crippen LogP contribution is -2.09. The zero-order valence-corrected chi connectivity index (χ0v) is 4.52. The van der Waals surface area contributed by atoms with Gasteiger partial charge in [0.2, 0.25) is 0 Å². The molecule has 1 rings (SSSR count). The fraction of sp³-hybridized carbons (Fsp3) is 0.200. The first kappa shape index (κ1) is 5.72. The Kier molecular flexibility index (Phi) is 1.42. The number of carbonyl (C=O) groups excluding carboxylic acids is 1. The van der Waals surface area contributed by atoms with Crippen LogP contribution in [0.25, 0.3) is 5.53 Å². The maximum atomic E-state index is 10.5. The van der Waals surface area contributed by atoms with Crippen LogP contribution in [0.3, 0.4) is 0 Å². The van der Waals surface area contributed by atoms with Gasteiger partial charge < -0.3 is 10.3 Å². The Hall–Kier alpha value is -1.41. The van der Waals surface area contributed by atoms with Gasteiger partial charge in [-0.2, -0.15) is 4.79 Å². The van der Waals surface area contributed by atoms with Crippen molar-refractivity contribution in [2.24, 2.45) is 5.92 Å². The molecule has 0 spiro atoms. The van der Waals surface area contributed by atoms with Gasteiger partial charge in [-0.15, -0.1) is 0 Å². The predicted octanol–water partition coefficient (Wildman–Crippen LogP) is -0.0263. The Balaban J connectivity index is 2.70. The standard InChI is InChI=1S/C5H4N2O2/c6-7-3-4-1-2-9-5(4)8/h1-4H. The van der Waals surface area contributed by atoms with Crippen molar-refractivity contribution in [1.29, 1.82) is 0 Å². The number of esters is 1. The van der Waals surface area contributed by atoms with Crippen LogP contribution in [0.2, 0.25) is 0 Å². The first-order chi connectivity index (χ1) is 4.34. The van der Waals surface area contributed by atoms with E-state index in [-0.39, 0.29) is 0 Å². The SMILES string of the molecule is [N-]=[N+]=CC1C=COC1=O. The van der Waals surface area contributed by atoms with Crippen LogP contribution in [0.4, 0.5) is 0 Å². The highest BCUT2D eigenvalue weighted by Crippen LogP contribution is 2.05. The Morgan fingerprint density at radius 1 is 1.89 bits per heavy atom. The summed E-state index contributed by atoms with van der Waals surface area (Å²) < 4.78 is 4.40. The topological polar surface area (TPSA) is 62.7 Å². The molecule has 0 amide bonds. The first-order valence-electron chi connectivity index (χ1n) is 2.39. The lowest BCUT2D eigenvalue weighted by molar-refractivity contribution is -0.137. The van der Waals surface area contributed by atoms with E-state index in [1.807, 2.05) is 0 Å². The summed E-state index contributed by atoms with van der Waals surface area (Å²) in [6, 6.07) is 0. The third-order valence-corrected chi connectivity index (χ3v) is 0.970. The molecule has 1 aliphatic heterocycles. The van der Waals surface area contributed by atoms with Crippen LogP contribution < -0.4 is 0 Å². The summed E-state index contributed by atoms with van der Waals surface area (Å²) in [5, 5.41) is 0. The Morgan fingerprint density at radius 3 is 3.11 bits per heavy atom. The van der Waals surface area contributed by atoms with Gasteiger partial charge >= 0.3 is 5.97 Å². The molecule has 1 atom stereocenters. The normalized spacial score (nSPS) is 23.1. The van der Waals surface area contributed by atoms with Crippen molar-refractivity contribution in [3.8, 4) is 0 Å². The first-order valence-corrected chi connectivity index (χ1v) is 2.39. The third kappa shape index (κ3) is 1.03. The number of carbonyl (C=O) groups is 1. The van der Waals surface area contributed by atoms with Crippen LogP contribution in [-0.2, 0) is 9.53 Å². The highest BCUT2D eigenvalue weighted by Gasteiger charge is 2.22. The molecule has 0 fully saturated rings. The highest BCUT2D eigenvalue weighted by molar-refractivity contribution is 5.92. The average Bonchev–Trinajstić information content (AvgIpc) is 2.18. The zero-order chi connectivity index (χ0) is 6.69. The van der Waals surface area contributed by atoms with Gasteiger partial charge in [0, 0.05) is 0 Å². The van der Waals surface area contributed by atoms with E-state index in [2.05, 4.69) is 9.53 Å². The molecule has 4 nitrogen and oxygen atoms in total. The van der Waals surface area contributed by atoms with Crippen LogP contribution in [0.15, 0.2) is 12.3 Å². The second-order valence-corrected chi connectivity index (χ2v) is 1.56. The van der Waals surface area contributed by atoms with Gasteiger partial charge in [0.25, 0.3) is 6.21 Å². The smallest absolute Gasteiger partial charge is 0.329 e. The summed E-state index contributed by atoms with van der Waals surface area (Å²) in [4.78, 5) is 13.2. The maximum Gasteiger partial charge on any atom is 0.329 e. The molecular weight excluding hydrogens is 120 g/mol. The van der Waals surface area contributed by atoms with Crippen molar-refractivity contribution < 1.29 is 14.3 Å². The Bertz CT molecular complexity index is 203. The number of rotatable bonds is 1. The molecule has 1 aliphatic rings. The molecule has 4 heteroatoms. The fourth-order valence-corrected chi connectivity index (χ4v) is 0.530. The van der Waals surface area contributed by atoms with Crippen LogP contribution in [-0.4, -0.2) is 17.0 Å². The minimum Gasteiger partial charge on any atom is -0.434 e. The summed E-state index contributed by atoms with van der Waals surface area (Å²) in [5.41, 5.74) is 7.97. The van der Waals surface area contributed by atoms with E-state index in [4.69, 9.17) is 5.53 Å². The molecule has 0 saturated heterocycles. The monoisotopic (exact) mass is 124 g/mol. The van der Waals surface area contributed by atoms with E-state index >= 15 is 0 Å². The van der Waals surface area contributed by atoms with Crippen molar-refractivity contribution in [3.63, 3.8) is 0 Å². The minimum atomic E-state index is -0.505. The fourth-order valence-electron chi connectivity index (χ4n) is 0.530. The summed E-state index contributed by atoms with van der Waals surface area (Å²) in [6.07, 6.45) is 3.88. The number of nitrogens with zero attached hydrogens (tertiary/aromatic N) is 2. The van der Waals surface area contributed by atoms with Gasteiger partial charge in [-0.25, -0.2) is 0 Å². The molecule has 0 aromatic heterocycles. The van der Waals surface area contributed by atoms with E-state index in [1.54, 1.807) is 0 Å². The molecular formula is C5H4N2O2. The summed E-state index contributed by atoms with van der Waals surface area (Å²) >= 11 is 0. The van der Waals surface area contributed by atoms with E-state index in [9.17, 15) is 4.79 Å². The van der Waals surface area contributed by atoms with Crippen molar-refractivity contribution >= 4 is 12.2 Å². The molecule has 0 saturated carbocycles. The van der Waals surface area contributed by atoms with Crippen molar-refractivity contribution in [2.75, 3.05) is 0 Å². The molecule has 1 unspecified atom stereocenters. The lowest BCUT2D eigenvalue weighted by Gasteiger charge is -1.86. The van der Waals surface area contributed by atoms with E-state index in [0.717, 1.165) is 6.21 Å². The number of hydrogen-bond acceptors (Lipinski definition) is 2. The van der Waals surface area contributed by atoms with Crippen LogP contribution in [0.1, 0.15) is 0 Å². The Morgan fingerprint density at radius 2 is 2.67 bits per heavy atom. The molecule has 46 valence electrons. The van der Waals surface area contributed by atoms with Crippen molar-refractivity contribution in [3.05, 3.63) is 17.9 Å². The van der Waals surface area contributed by atoms with Crippen molar-refractivity contribution in [2.45, 2.75) is 0 Å². The number of ether oxygens (including phenoxy) is 1. The average molecular weight is 124 g/mol. The largest absolute Gasteiger partial charge is 0.434 e. The van der Waals surface area contributed by atoms with Crippen LogP contribution in [0.5, 0.6) is 0 Å². The van der Waals surface area contributed by atoms with Gasteiger partial charge in [0.05, 0.1) is 6.26 Å². The maximum absolute atomic E-state index is 10.5. The molecule has 9 heavy (non-hydrogen) atoms. The minimum absolute atomic E-state index is 0.409. The summed E-state index contributed by atoms with van der Waals surface area (Å²) in [6.45, 7) is 0. The van der Waals surface area contributed by atoms with Gasteiger partial charge in [-0.05, 0) is 6.08 Å². The molecule has 0 aliphatic carbocycles. The van der Waals surface area contributed by atoms with Gasteiger partial charge in [0.15, 0.2) is 5.92 Å².